The van der Waals surface area contributed by atoms with Gasteiger partial charge in [0.05, 0.1) is 7.11 Å². The van der Waals surface area contributed by atoms with Gasteiger partial charge in [-0.05, 0) is 35.9 Å². The maximum absolute atomic E-state index is 12.2. The van der Waals surface area contributed by atoms with Crippen molar-refractivity contribution in [3.05, 3.63) is 65.6 Å². The van der Waals surface area contributed by atoms with Crippen LogP contribution in [0, 0.1) is 0 Å². The quantitative estimate of drug-likeness (QED) is 0.737. The van der Waals surface area contributed by atoms with Gasteiger partial charge in [-0.25, -0.2) is 8.42 Å². The summed E-state index contributed by atoms with van der Waals surface area (Å²) >= 11 is 0. The highest BCUT2D eigenvalue weighted by atomic mass is 32.2. The molecule has 2 rings (SSSR count). The monoisotopic (exact) mass is 347 g/mol. The summed E-state index contributed by atoms with van der Waals surface area (Å²) in [5.74, 6) is 1.41. The Hall–Kier alpha value is -2.31. The van der Waals surface area contributed by atoms with Gasteiger partial charge < -0.3 is 9.47 Å². The SMILES string of the molecule is COc1ccc(OCCN(C)S(=O)(=O)/C=C/c2ccccc2)cc1. The molecule has 0 radical (unpaired) electrons. The van der Waals surface area contributed by atoms with Crippen LogP contribution in [0.4, 0.5) is 0 Å². The Morgan fingerprint density at radius 2 is 1.62 bits per heavy atom. The maximum atomic E-state index is 12.2. The first-order valence-electron chi connectivity index (χ1n) is 7.47. The number of methoxy groups -OCH3 is 1. The first kappa shape index (κ1) is 18.0. The van der Waals surface area contributed by atoms with E-state index in [0.29, 0.717) is 5.75 Å². The van der Waals surface area contributed by atoms with Crippen LogP contribution in [0.2, 0.25) is 0 Å². The van der Waals surface area contributed by atoms with Gasteiger partial charge in [0.25, 0.3) is 0 Å². The third kappa shape index (κ3) is 5.40. The second kappa shape index (κ2) is 8.52. The Morgan fingerprint density at radius 3 is 2.25 bits per heavy atom. The van der Waals surface area contributed by atoms with Crippen LogP contribution in [0.3, 0.4) is 0 Å². The molecule has 0 N–H and O–H groups in total. The van der Waals surface area contributed by atoms with E-state index in [1.54, 1.807) is 37.5 Å². The van der Waals surface area contributed by atoms with Crippen molar-refractivity contribution in [2.75, 3.05) is 27.3 Å². The molecule has 0 saturated carbocycles. The molecule has 0 saturated heterocycles. The minimum Gasteiger partial charge on any atom is -0.497 e. The number of sulfonamides is 1. The standard InChI is InChI=1S/C18H21NO4S/c1-19(13-14-23-18-10-8-17(22-2)9-11-18)24(20,21)15-12-16-6-4-3-5-7-16/h3-12,15H,13-14H2,1-2H3/b15-12+. The summed E-state index contributed by atoms with van der Waals surface area (Å²) < 4.78 is 36.3. The van der Waals surface area contributed by atoms with Crippen molar-refractivity contribution in [3.63, 3.8) is 0 Å². The van der Waals surface area contributed by atoms with Gasteiger partial charge >= 0.3 is 0 Å². The van der Waals surface area contributed by atoms with Crippen molar-refractivity contribution in [2.45, 2.75) is 0 Å². The number of nitrogens with zero attached hydrogens (tertiary/aromatic N) is 1. The van der Waals surface area contributed by atoms with E-state index in [2.05, 4.69) is 0 Å². The highest BCUT2D eigenvalue weighted by Crippen LogP contribution is 2.17. The predicted octanol–water partition coefficient (Wildman–Crippen LogP) is 3.01. The van der Waals surface area contributed by atoms with Gasteiger partial charge in [0, 0.05) is 19.0 Å². The van der Waals surface area contributed by atoms with E-state index >= 15 is 0 Å². The number of hydrogen-bond donors (Lipinski definition) is 0. The zero-order chi connectivity index (χ0) is 17.4. The van der Waals surface area contributed by atoms with Gasteiger partial charge in [-0.2, -0.15) is 4.31 Å². The topological polar surface area (TPSA) is 55.8 Å². The normalized spacial score (nSPS) is 11.8. The molecule has 0 amide bonds. The highest BCUT2D eigenvalue weighted by Gasteiger charge is 2.13. The summed E-state index contributed by atoms with van der Waals surface area (Å²) in [6.45, 7) is 0.523. The Morgan fingerprint density at radius 1 is 1.00 bits per heavy atom. The molecule has 5 nitrogen and oxygen atoms in total. The fourth-order valence-corrected chi connectivity index (χ4v) is 2.79. The second-order valence-corrected chi connectivity index (χ2v) is 7.03. The largest absolute Gasteiger partial charge is 0.497 e. The first-order chi connectivity index (χ1) is 11.5. The van der Waals surface area contributed by atoms with E-state index < -0.39 is 10.0 Å². The van der Waals surface area contributed by atoms with Crippen molar-refractivity contribution < 1.29 is 17.9 Å². The molecule has 2 aromatic rings. The molecule has 6 heteroatoms. The fraction of sp³-hybridized carbons (Fsp3) is 0.222. The number of likely N-dealkylation sites (N-methyl/N-ethyl adjacent to an activating group) is 1. The number of rotatable bonds is 8. The second-order valence-electron chi connectivity index (χ2n) is 5.10. The fourth-order valence-electron chi connectivity index (χ4n) is 1.92. The van der Waals surface area contributed by atoms with Crippen LogP contribution in [0.1, 0.15) is 5.56 Å². The molecule has 0 bridgehead atoms. The molecule has 0 aromatic heterocycles. The Bertz CT molecular complexity index is 755. The van der Waals surface area contributed by atoms with Crippen LogP contribution in [-0.2, 0) is 10.0 Å². The van der Waals surface area contributed by atoms with Crippen molar-refractivity contribution in [1.82, 2.24) is 4.31 Å². The molecular formula is C18H21NO4S. The van der Waals surface area contributed by atoms with E-state index in [0.717, 1.165) is 11.3 Å². The Labute approximate surface area is 143 Å². The first-order valence-corrected chi connectivity index (χ1v) is 8.98. The molecule has 0 aliphatic carbocycles. The van der Waals surface area contributed by atoms with Gasteiger partial charge in [-0.15, -0.1) is 0 Å². The molecule has 0 heterocycles. The predicted molar refractivity (Wildman–Crippen MR) is 95.5 cm³/mol. The van der Waals surface area contributed by atoms with Gasteiger partial charge in [0.1, 0.15) is 18.1 Å². The molecule has 0 atom stereocenters. The average Bonchev–Trinajstić information content (AvgIpc) is 2.61. The third-order valence-electron chi connectivity index (χ3n) is 3.40. The van der Waals surface area contributed by atoms with Crippen molar-refractivity contribution in [2.24, 2.45) is 0 Å². The minimum absolute atomic E-state index is 0.257. The molecule has 2 aromatic carbocycles. The third-order valence-corrected chi connectivity index (χ3v) is 4.93. The summed E-state index contributed by atoms with van der Waals surface area (Å²) in [5, 5.41) is 1.20. The molecule has 0 spiro atoms. The number of hydrogen-bond acceptors (Lipinski definition) is 4. The van der Waals surface area contributed by atoms with Crippen molar-refractivity contribution in [3.8, 4) is 11.5 Å². The van der Waals surface area contributed by atoms with Crippen LogP contribution < -0.4 is 9.47 Å². The van der Waals surface area contributed by atoms with E-state index in [1.165, 1.54) is 16.8 Å². The van der Waals surface area contributed by atoms with E-state index in [4.69, 9.17) is 9.47 Å². The van der Waals surface area contributed by atoms with Crippen molar-refractivity contribution in [1.29, 1.82) is 0 Å². The van der Waals surface area contributed by atoms with E-state index in [-0.39, 0.29) is 13.2 Å². The van der Waals surface area contributed by atoms with Crippen LogP contribution in [0.25, 0.3) is 6.08 Å². The van der Waals surface area contributed by atoms with E-state index in [9.17, 15) is 8.42 Å². The van der Waals surface area contributed by atoms with E-state index in [1.807, 2.05) is 30.3 Å². The summed E-state index contributed by atoms with van der Waals surface area (Å²) in [5.41, 5.74) is 0.837. The van der Waals surface area contributed by atoms with Gasteiger partial charge in [0.2, 0.25) is 10.0 Å². The molecule has 0 unspecified atom stereocenters. The zero-order valence-electron chi connectivity index (χ0n) is 13.8. The molecular weight excluding hydrogens is 326 g/mol. The smallest absolute Gasteiger partial charge is 0.236 e. The highest BCUT2D eigenvalue weighted by molar-refractivity contribution is 7.92. The Balaban J connectivity index is 1.86. The maximum Gasteiger partial charge on any atom is 0.236 e. The lowest BCUT2D eigenvalue weighted by Crippen LogP contribution is -2.29. The summed E-state index contributed by atoms with van der Waals surface area (Å²) in [6, 6.07) is 16.4. The molecule has 0 aliphatic heterocycles. The molecule has 0 fully saturated rings. The summed E-state index contributed by atoms with van der Waals surface area (Å²) in [7, 11) is -0.345. The molecule has 0 aliphatic rings. The van der Waals surface area contributed by atoms with Crippen LogP contribution in [0.5, 0.6) is 11.5 Å². The summed E-state index contributed by atoms with van der Waals surface area (Å²) in [4.78, 5) is 0. The van der Waals surface area contributed by atoms with Crippen LogP contribution >= 0.6 is 0 Å². The number of benzene rings is 2. The average molecular weight is 347 g/mol. The lowest BCUT2D eigenvalue weighted by molar-refractivity contribution is 0.287. The Kier molecular flexibility index (Phi) is 6.40. The van der Waals surface area contributed by atoms with Gasteiger partial charge in [0.15, 0.2) is 0 Å². The molecule has 24 heavy (non-hydrogen) atoms. The van der Waals surface area contributed by atoms with Gasteiger partial charge in [-0.1, -0.05) is 30.3 Å². The van der Waals surface area contributed by atoms with Crippen LogP contribution in [-0.4, -0.2) is 40.0 Å². The number of ether oxygens (including phenoxy) is 2. The lowest BCUT2D eigenvalue weighted by Gasteiger charge is -2.15. The summed E-state index contributed by atoms with van der Waals surface area (Å²) in [6.07, 6.45) is 1.58. The zero-order valence-corrected chi connectivity index (χ0v) is 14.6. The van der Waals surface area contributed by atoms with Crippen LogP contribution in [0.15, 0.2) is 60.0 Å². The minimum atomic E-state index is -3.47. The van der Waals surface area contributed by atoms with Crippen molar-refractivity contribution >= 4 is 16.1 Å². The molecule has 128 valence electrons. The van der Waals surface area contributed by atoms with Gasteiger partial charge in [-0.3, -0.25) is 0 Å². The lowest BCUT2D eigenvalue weighted by atomic mass is 10.2.